The Morgan fingerprint density at radius 3 is 2.86 bits per heavy atom. The summed E-state index contributed by atoms with van der Waals surface area (Å²) in [7, 11) is 2.18. The molecule has 3 heterocycles. The van der Waals surface area contributed by atoms with Crippen molar-refractivity contribution in [1.29, 1.82) is 0 Å². The lowest BCUT2D eigenvalue weighted by Crippen LogP contribution is -2.33. The van der Waals surface area contributed by atoms with Crippen molar-refractivity contribution < 1.29 is 0 Å². The van der Waals surface area contributed by atoms with E-state index in [0.29, 0.717) is 0 Å². The molecule has 1 atom stereocenters. The largest absolute Gasteiger partial charge is 0.357 e. The van der Waals surface area contributed by atoms with Crippen molar-refractivity contribution in [2.45, 2.75) is 19.4 Å². The highest BCUT2D eigenvalue weighted by Gasteiger charge is 2.30. The summed E-state index contributed by atoms with van der Waals surface area (Å²) in [5.74, 6) is 0. The smallest absolute Gasteiger partial charge is 0.0928 e. The van der Waals surface area contributed by atoms with E-state index in [9.17, 15) is 0 Å². The zero-order valence-corrected chi connectivity index (χ0v) is 12.4. The lowest BCUT2D eigenvalue weighted by molar-refractivity contribution is 0.257. The van der Waals surface area contributed by atoms with Crippen molar-refractivity contribution in [1.82, 2.24) is 14.9 Å². The van der Waals surface area contributed by atoms with Gasteiger partial charge in [-0.05, 0) is 44.2 Å². The molecule has 0 bridgehead atoms. The van der Waals surface area contributed by atoms with Crippen molar-refractivity contribution in [3.8, 4) is 0 Å². The maximum atomic E-state index is 4.75. The number of likely N-dealkylation sites (N-methyl/N-ethyl adjacent to an activating group) is 1. The number of nitrogens with one attached hydrogen (secondary N) is 1. The van der Waals surface area contributed by atoms with Crippen molar-refractivity contribution in [3.05, 3.63) is 65.1 Å². The Morgan fingerprint density at radius 1 is 1.14 bits per heavy atom. The molecule has 3 aromatic rings. The molecule has 21 heavy (non-hydrogen) atoms. The van der Waals surface area contributed by atoms with E-state index in [1.165, 1.54) is 22.2 Å². The number of hydrogen-bond acceptors (Lipinski definition) is 2. The third-order valence-corrected chi connectivity index (χ3v) is 4.47. The monoisotopic (exact) mass is 277 g/mol. The highest BCUT2D eigenvalue weighted by Crippen LogP contribution is 2.36. The molecule has 0 spiro atoms. The Bertz CT molecular complexity index is 803. The van der Waals surface area contributed by atoms with Gasteiger partial charge in [0.2, 0.25) is 0 Å². The molecular weight excluding hydrogens is 258 g/mol. The molecule has 4 rings (SSSR count). The molecule has 0 aliphatic carbocycles. The minimum Gasteiger partial charge on any atom is -0.357 e. The number of aromatic nitrogens is 2. The Kier molecular flexibility index (Phi) is 2.82. The predicted molar refractivity (Wildman–Crippen MR) is 85.4 cm³/mol. The summed E-state index contributed by atoms with van der Waals surface area (Å²) in [5, 5.41) is 1.36. The minimum atomic E-state index is 0.223. The van der Waals surface area contributed by atoms with Gasteiger partial charge in [-0.15, -0.1) is 0 Å². The van der Waals surface area contributed by atoms with Crippen molar-refractivity contribution in [2.75, 3.05) is 13.6 Å². The lowest BCUT2D eigenvalue weighted by Gasteiger charge is -2.32. The van der Waals surface area contributed by atoms with Gasteiger partial charge >= 0.3 is 0 Å². The van der Waals surface area contributed by atoms with Crippen LogP contribution in [0.2, 0.25) is 0 Å². The Hall–Kier alpha value is -2.13. The number of fused-ring (bicyclic) bond motifs is 3. The zero-order chi connectivity index (χ0) is 14.4. The summed E-state index contributed by atoms with van der Waals surface area (Å²) in [6.07, 6.45) is 1.10. The fraction of sp³-hybridized carbons (Fsp3) is 0.278. The van der Waals surface area contributed by atoms with E-state index in [-0.39, 0.29) is 6.04 Å². The van der Waals surface area contributed by atoms with E-state index in [2.05, 4.69) is 66.3 Å². The van der Waals surface area contributed by atoms with Gasteiger partial charge in [0, 0.05) is 28.8 Å². The number of aryl methyl sites for hydroxylation is 1. The van der Waals surface area contributed by atoms with Crippen LogP contribution >= 0.6 is 0 Å². The van der Waals surface area contributed by atoms with Gasteiger partial charge in [-0.25, -0.2) is 0 Å². The molecule has 0 radical (unpaired) electrons. The molecule has 0 fully saturated rings. The van der Waals surface area contributed by atoms with Crippen molar-refractivity contribution in [3.63, 3.8) is 0 Å². The average molecular weight is 277 g/mol. The summed E-state index contributed by atoms with van der Waals surface area (Å²) < 4.78 is 0. The predicted octanol–water partition coefficient (Wildman–Crippen LogP) is 3.45. The van der Waals surface area contributed by atoms with Crippen LogP contribution in [0.4, 0.5) is 0 Å². The zero-order valence-electron chi connectivity index (χ0n) is 12.4. The van der Waals surface area contributed by atoms with Crippen molar-refractivity contribution >= 4 is 10.9 Å². The van der Waals surface area contributed by atoms with E-state index < -0.39 is 0 Å². The van der Waals surface area contributed by atoms with Crippen molar-refractivity contribution in [2.24, 2.45) is 0 Å². The van der Waals surface area contributed by atoms with E-state index >= 15 is 0 Å². The number of rotatable bonds is 1. The molecule has 0 saturated heterocycles. The molecule has 1 aliphatic heterocycles. The number of hydrogen-bond donors (Lipinski definition) is 1. The second-order valence-electron chi connectivity index (χ2n) is 5.90. The van der Waals surface area contributed by atoms with Crippen LogP contribution in [0, 0.1) is 6.92 Å². The summed E-state index contributed by atoms with van der Waals surface area (Å²) in [6, 6.07) is 15.1. The molecule has 0 saturated carbocycles. The molecular formula is C18H19N3. The Balaban J connectivity index is 1.93. The van der Waals surface area contributed by atoms with Gasteiger partial charge in [0.1, 0.15) is 0 Å². The van der Waals surface area contributed by atoms with Gasteiger partial charge in [-0.2, -0.15) is 0 Å². The second kappa shape index (κ2) is 4.71. The van der Waals surface area contributed by atoms with Gasteiger partial charge in [0.15, 0.2) is 0 Å². The number of aromatic amines is 1. The first-order valence-corrected chi connectivity index (χ1v) is 7.47. The van der Waals surface area contributed by atoms with E-state index in [1.54, 1.807) is 0 Å². The number of para-hydroxylation sites is 1. The van der Waals surface area contributed by atoms with Crippen LogP contribution in [0.25, 0.3) is 10.9 Å². The molecule has 1 N–H and O–H groups in total. The van der Waals surface area contributed by atoms with Gasteiger partial charge in [0.05, 0.1) is 11.7 Å². The van der Waals surface area contributed by atoms with E-state index in [0.717, 1.165) is 24.4 Å². The molecule has 1 aromatic carbocycles. The van der Waals surface area contributed by atoms with Gasteiger partial charge in [0.25, 0.3) is 0 Å². The summed E-state index contributed by atoms with van der Waals surface area (Å²) in [6.45, 7) is 3.12. The molecule has 1 aliphatic rings. The molecule has 3 nitrogen and oxygen atoms in total. The van der Waals surface area contributed by atoms with Crippen LogP contribution in [0.3, 0.4) is 0 Å². The molecule has 0 unspecified atom stereocenters. The molecule has 3 heteroatoms. The standard InChI is InChI=1S/C18H19N3/c1-12-6-5-9-16(19-12)18-17-14(10-11-21(18)2)13-7-3-4-8-15(13)20-17/h3-9,18,20H,10-11H2,1-2H3/t18-/m0/s1. The van der Waals surface area contributed by atoms with E-state index in [4.69, 9.17) is 4.98 Å². The number of H-pyrrole nitrogens is 1. The van der Waals surface area contributed by atoms with Crippen LogP contribution in [-0.4, -0.2) is 28.5 Å². The second-order valence-corrected chi connectivity index (χ2v) is 5.90. The summed E-state index contributed by atoms with van der Waals surface area (Å²) in [5.41, 5.74) is 6.20. The first kappa shape index (κ1) is 12.6. The van der Waals surface area contributed by atoms with Crippen LogP contribution in [-0.2, 0) is 6.42 Å². The number of nitrogens with zero attached hydrogens (tertiary/aromatic N) is 2. The molecule has 0 amide bonds. The maximum absolute atomic E-state index is 4.75. The molecule has 106 valence electrons. The highest BCUT2D eigenvalue weighted by molar-refractivity contribution is 5.85. The van der Waals surface area contributed by atoms with E-state index in [1.807, 2.05) is 0 Å². The lowest BCUT2D eigenvalue weighted by atomic mass is 9.95. The van der Waals surface area contributed by atoms with Crippen LogP contribution in [0.5, 0.6) is 0 Å². The fourth-order valence-electron chi connectivity index (χ4n) is 3.45. The summed E-state index contributed by atoms with van der Waals surface area (Å²) >= 11 is 0. The number of pyridine rings is 1. The van der Waals surface area contributed by atoms with Crippen LogP contribution in [0.15, 0.2) is 42.5 Å². The van der Waals surface area contributed by atoms with Crippen LogP contribution in [0.1, 0.15) is 28.7 Å². The van der Waals surface area contributed by atoms with Gasteiger partial charge < -0.3 is 4.98 Å². The summed E-state index contributed by atoms with van der Waals surface area (Å²) in [4.78, 5) is 10.8. The topological polar surface area (TPSA) is 31.9 Å². The fourth-order valence-corrected chi connectivity index (χ4v) is 3.45. The van der Waals surface area contributed by atoms with Gasteiger partial charge in [-0.1, -0.05) is 24.3 Å². The minimum absolute atomic E-state index is 0.223. The third kappa shape index (κ3) is 1.96. The first-order chi connectivity index (χ1) is 10.2. The average Bonchev–Trinajstić information content (AvgIpc) is 2.85. The van der Waals surface area contributed by atoms with Gasteiger partial charge in [-0.3, -0.25) is 9.88 Å². The first-order valence-electron chi connectivity index (χ1n) is 7.47. The Labute approximate surface area is 124 Å². The third-order valence-electron chi connectivity index (χ3n) is 4.47. The Morgan fingerprint density at radius 2 is 2.00 bits per heavy atom. The maximum Gasteiger partial charge on any atom is 0.0928 e. The molecule has 2 aromatic heterocycles. The highest BCUT2D eigenvalue weighted by atomic mass is 15.2. The SMILES string of the molecule is Cc1cccc([C@H]2c3[nH]c4ccccc4c3CCN2C)n1. The number of benzene rings is 1. The normalized spacial score (nSPS) is 18.9. The quantitative estimate of drug-likeness (QED) is 0.739. The van der Waals surface area contributed by atoms with Crippen LogP contribution < -0.4 is 0 Å².